The number of hydrogen-bond acceptors (Lipinski definition) is 3. The summed E-state index contributed by atoms with van der Waals surface area (Å²) in [6.45, 7) is 1.85. The van der Waals surface area contributed by atoms with Crippen LogP contribution in [0.1, 0.15) is 15.9 Å². The minimum Gasteiger partial charge on any atom is -0.497 e. The average Bonchev–Trinajstić information content (AvgIpc) is 2.43. The molecule has 2 rings (SSSR count). The van der Waals surface area contributed by atoms with Crippen molar-refractivity contribution in [1.29, 1.82) is 0 Å². The summed E-state index contributed by atoms with van der Waals surface area (Å²) in [5, 5.41) is 2.72. The van der Waals surface area contributed by atoms with Crippen LogP contribution in [-0.2, 0) is 0 Å². The molecule has 2 aromatic carbocycles. The summed E-state index contributed by atoms with van der Waals surface area (Å²) >= 11 is 0. The van der Waals surface area contributed by atoms with Crippen molar-refractivity contribution in [2.45, 2.75) is 6.92 Å². The number of aryl methyl sites for hydroxylation is 1. The summed E-state index contributed by atoms with van der Waals surface area (Å²) in [5.74, 6) is -0.291. The van der Waals surface area contributed by atoms with Crippen LogP contribution in [0, 0.1) is 12.7 Å². The van der Waals surface area contributed by atoms with Crippen molar-refractivity contribution in [3.63, 3.8) is 0 Å². The number of rotatable bonds is 3. The smallest absolute Gasteiger partial charge is 0.255 e. The van der Waals surface area contributed by atoms with Crippen LogP contribution in [0.5, 0.6) is 5.75 Å². The number of benzene rings is 2. The van der Waals surface area contributed by atoms with E-state index in [0.717, 1.165) is 11.6 Å². The molecular weight excluding hydrogens is 259 g/mol. The predicted molar refractivity (Wildman–Crippen MR) is 76.5 cm³/mol. The Hall–Kier alpha value is -2.56. The van der Waals surface area contributed by atoms with Gasteiger partial charge in [-0.2, -0.15) is 0 Å². The van der Waals surface area contributed by atoms with Crippen molar-refractivity contribution in [3.05, 3.63) is 53.3 Å². The summed E-state index contributed by atoms with van der Waals surface area (Å²) in [7, 11) is 1.57. The van der Waals surface area contributed by atoms with E-state index < -0.39 is 11.7 Å². The third-order valence-electron chi connectivity index (χ3n) is 2.94. The fourth-order valence-corrected chi connectivity index (χ4v) is 1.77. The van der Waals surface area contributed by atoms with E-state index >= 15 is 0 Å². The number of nitrogen functional groups attached to an aromatic ring is 1. The van der Waals surface area contributed by atoms with Gasteiger partial charge >= 0.3 is 0 Å². The van der Waals surface area contributed by atoms with Gasteiger partial charge in [0.25, 0.3) is 5.91 Å². The molecule has 0 fully saturated rings. The number of nitrogens with two attached hydrogens (primary N) is 1. The maximum absolute atomic E-state index is 13.3. The second-order valence-corrected chi connectivity index (χ2v) is 4.37. The second kappa shape index (κ2) is 5.61. The lowest BCUT2D eigenvalue weighted by molar-refractivity contribution is 0.102. The summed E-state index contributed by atoms with van der Waals surface area (Å²) in [4.78, 5) is 12.0. The maximum Gasteiger partial charge on any atom is 0.255 e. The van der Waals surface area contributed by atoms with Gasteiger partial charge in [-0.1, -0.05) is 0 Å². The third kappa shape index (κ3) is 2.88. The molecule has 2 aromatic rings. The number of methoxy groups -OCH3 is 1. The number of halogens is 1. The zero-order valence-electron chi connectivity index (χ0n) is 11.2. The van der Waals surface area contributed by atoms with Gasteiger partial charge in [0.2, 0.25) is 0 Å². The third-order valence-corrected chi connectivity index (χ3v) is 2.94. The largest absolute Gasteiger partial charge is 0.497 e. The van der Waals surface area contributed by atoms with Gasteiger partial charge in [0.1, 0.15) is 11.6 Å². The van der Waals surface area contributed by atoms with Crippen molar-refractivity contribution in [2.75, 3.05) is 18.2 Å². The Morgan fingerprint density at radius 2 is 2.00 bits per heavy atom. The molecule has 5 heteroatoms. The van der Waals surface area contributed by atoms with Crippen molar-refractivity contribution in [2.24, 2.45) is 0 Å². The molecule has 0 aliphatic heterocycles. The van der Waals surface area contributed by atoms with Crippen LogP contribution in [0.15, 0.2) is 36.4 Å². The lowest BCUT2D eigenvalue weighted by Crippen LogP contribution is -2.13. The van der Waals surface area contributed by atoms with E-state index in [1.54, 1.807) is 25.3 Å². The first-order chi connectivity index (χ1) is 9.51. The molecule has 0 atom stereocenters. The van der Waals surface area contributed by atoms with Gasteiger partial charge in [0, 0.05) is 11.3 Å². The predicted octanol–water partition coefficient (Wildman–Crippen LogP) is 2.98. The van der Waals surface area contributed by atoms with Crippen LogP contribution in [-0.4, -0.2) is 13.0 Å². The number of amides is 1. The van der Waals surface area contributed by atoms with E-state index in [1.165, 1.54) is 12.1 Å². The van der Waals surface area contributed by atoms with Gasteiger partial charge in [-0.15, -0.1) is 0 Å². The molecule has 0 saturated heterocycles. The molecule has 0 unspecified atom stereocenters. The lowest BCUT2D eigenvalue weighted by Gasteiger charge is -2.10. The summed E-state index contributed by atoms with van der Waals surface area (Å²) in [5.41, 5.74) is 7.11. The zero-order valence-corrected chi connectivity index (χ0v) is 11.2. The van der Waals surface area contributed by atoms with Gasteiger partial charge in [-0.3, -0.25) is 4.79 Å². The highest BCUT2D eigenvalue weighted by atomic mass is 19.1. The first kappa shape index (κ1) is 13.9. The fraction of sp³-hybridized carbons (Fsp3) is 0.133. The molecule has 3 N–H and O–H groups in total. The Kier molecular flexibility index (Phi) is 3.89. The molecule has 1 amide bonds. The van der Waals surface area contributed by atoms with Crippen molar-refractivity contribution in [1.82, 2.24) is 0 Å². The second-order valence-electron chi connectivity index (χ2n) is 4.37. The Bertz CT molecular complexity index is 656. The highest BCUT2D eigenvalue weighted by Gasteiger charge is 2.10. The number of hydrogen-bond donors (Lipinski definition) is 2. The molecule has 0 aliphatic rings. The van der Waals surface area contributed by atoms with Crippen LogP contribution in [0.4, 0.5) is 15.8 Å². The maximum atomic E-state index is 13.3. The molecule has 0 saturated carbocycles. The van der Waals surface area contributed by atoms with E-state index in [1.807, 2.05) is 6.92 Å². The van der Waals surface area contributed by atoms with Crippen LogP contribution in [0.3, 0.4) is 0 Å². The number of carbonyl (C=O) groups is 1. The molecule has 0 aromatic heterocycles. The summed E-state index contributed by atoms with van der Waals surface area (Å²) in [6, 6.07) is 9.24. The van der Waals surface area contributed by atoms with Gasteiger partial charge in [0.15, 0.2) is 0 Å². The highest BCUT2D eigenvalue weighted by Crippen LogP contribution is 2.22. The SMILES string of the molecule is COc1ccc(NC(=O)c2ccc(N)c(F)c2)c(C)c1. The Morgan fingerprint density at radius 3 is 2.60 bits per heavy atom. The Labute approximate surface area is 116 Å². The Balaban J connectivity index is 2.21. The van der Waals surface area contributed by atoms with Gasteiger partial charge < -0.3 is 15.8 Å². The van der Waals surface area contributed by atoms with E-state index in [4.69, 9.17) is 10.5 Å². The topological polar surface area (TPSA) is 64.3 Å². The van der Waals surface area contributed by atoms with E-state index in [9.17, 15) is 9.18 Å². The lowest BCUT2D eigenvalue weighted by atomic mass is 10.1. The minimum atomic E-state index is -0.607. The standard InChI is InChI=1S/C15H15FN2O2/c1-9-7-11(20-2)4-6-14(9)18-15(19)10-3-5-13(17)12(16)8-10/h3-8H,17H2,1-2H3,(H,18,19). The van der Waals surface area contributed by atoms with E-state index in [2.05, 4.69) is 5.32 Å². The Morgan fingerprint density at radius 1 is 1.25 bits per heavy atom. The van der Waals surface area contributed by atoms with Crippen molar-refractivity contribution in [3.8, 4) is 5.75 Å². The minimum absolute atomic E-state index is 0.0159. The first-order valence-corrected chi connectivity index (χ1v) is 6.02. The molecule has 20 heavy (non-hydrogen) atoms. The van der Waals surface area contributed by atoms with Crippen LogP contribution < -0.4 is 15.8 Å². The molecular formula is C15H15FN2O2. The molecule has 4 nitrogen and oxygen atoms in total. The van der Waals surface area contributed by atoms with Crippen molar-refractivity contribution < 1.29 is 13.9 Å². The number of nitrogens with one attached hydrogen (secondary N) is 1. The monoisotopic (exact) mass is 274 g/mol. The molecule has 0 radical (unpaired) electrons. The molecule has 0 spiro atoms. The highest BCUT2D eigenvalue weighted by molar-refractivity contribution is 6.04. The van der Waals surface area contributed by atoms with Crippen LogP contribution in [0.25, 0.3) is 0 Å². The average molecular weight is 274 g/mol. The van der Waals surface area contributed by atoms with Gasteiger partial charge in [-0.25, -0.2) is 4.39 Å². The molecule has 104 valence electrons. The quantitative estimate of drug-likeness (QED) is 0.846. The van der Waals surface area contributed by atoms with E-state index in [0.29, 0.717) is 11.4 Å². The van der Waals surface area contributed by atoms with Crippen LogP contribution >= 0.6 is 0 Å². The summed E-state index contributed by atoms with van der Waals surface area (Å²) < 4.78 is 18.4. The summed E-state index contributed by atoms with van der Waals surface area (Å²) in [6.07, 6.45) is 0. The zero-order chi connectivity index (χ0) is 14.7. The normalized spacial score (nSPS) is 10.2. The van der Waals surface area contributed by atoms with Crippen molar-refractivity contribution >= 4 is 17.3 Å². The first-order valence-electron chi connectivity index (χ1n) is 6.02. The number of carbonyl (C=O) groups excluding carboxylic acids is 1. The van der Waals surface area contributed by atoms with E-state index in [-0.39, 0.29) is 11.3 Å². The van der Waals surface area contributed by atoms with Gasteiger partial charge in [-0.05, 0) is 48.9 Å². The molecule has 0 bridgehead atoms. The molecule has 0 heterocycles. The fourth-order valence-electron chi connectivity index (χ4n) is 1.77. The van der Waals surface area contributed by atoms with Crippen LogP contribution in [0.2, 0.25) is 0 Å². The number of anilines is 2. The van der Waals surface area contributed by atoms with Gasteiger partial charge in [0.05, 0.1) is 12.8 Å². The molecule has 0 aliphatic carbocycles. The number of ether oxygens (including phenoxy) is 1.